The number of morpholine rings is 1. The summed E-state index contributed by atoms with van der Waals surface area (Å²) in [6.45, 7) is 10.7. The number of benzene rings is 1. The van der Waals surface area contributed by atoms with Gasteiger partial charge in [0.05, 0.1) is 31.9 Å². The number of hydrogen-bond acceptors (Lipinski definition) is 7. The van der Waals surface area contributed by atoms with Crippen LogP contribution in [0.25, 0.3) is 11.4 Å². The maximum atomic E-state index is 5.69. The molecule has 0 aliphatic carbocycles. The summed E-state index contributed by atoms with van der Waals surface area (Å²) in [5.41, 5.74) is 0.881. The van der Waals surface area contributed by atoms with Gasteiger partial charge in [0.25, 0.3) is 0 Å². The van der Waals surface area contributed by atoms with Crippen LogP contribution in [0.1, 0.15) is 32.1 Å². The van der Waals surface area contributed by atoms with Crippen LogP contribution in [-0.4, -0.2) is 72.5 Å². The lowest BCUT2D eigenvalue weighted by atomic mass is 9.93. The van der Waals surface area contributed by atoms with Crippen LogP contribution >= 0.6 is 0 Å². The normalized spacial score (nSPS) is 19.5. The van der Waals surface area contributed by atoms with E-state index >= 15 is 0 Å². The highest BCUT2D eigenvalue weighted by molar-refractivity contribution is 5.63. The summed E-state index contributed by atoms with van der Waals surface area (Å²) in [4.78, 5) is 9.58. The standard InChI is InChI=1S/C22H32N4O3/c1-2-28-20-6-4-3-5-19(20)22-23-21(29-24-22)17-26-11-8-18(9-12-26)7-10-25-13-15-27-16-14-25/h3-6,18H,2,7-17H2,1H3. The number of ether oxygens (including phenoxy) is 2. The molecule has 158 valence electrons. The Labute approximate surface area is 173 Å². The highest BCUT2D eigenvalue weighted by atomic mass is 16.5. The Hall–Kier alpha value is -1.96. The predicted octanol–water partition coefficient (Wildman–Crippen LogP) is 3.07. The van der Waals surface area contributed by atoms with E-state index in [0.29, 0.717) is 18.3 Å². The molecule has 0 unspecified atom stereocenters. The Bertz CT molecular complexity index is 752. The van der Waals surface area contributed by atoms with E-state index in [-0.39, 0.29) is 0 Å². The van der Waals surface area contributed by atoms with Gasteiger partial charge in [-0.3, -0.25) is 9.80 Å². The van der Waals surface area contributed by atoms with E-state index in [2.05, 4.69) is 19.9 Å². The van der Waals surface area contributed by atoms with Gasteiger partial charge in [0.15, 0.2) is 0 Å². The molecule has 29 heavy (non-hydrogen) atoms. The van der Waals surface area contributed by atoms with Crippen LogP contribution in [0.2, 0.25) is 0 Å². The third-order valence-electron chi connectivity index (χ3n) is 5.92. The van der Waals surface area contributed by atoms with Crippen molar-refractivity contribution in [3.8, 4) is 17.1 Å². The molecule has 2 fully saturated rings. The van der Waals surface area contributed by atoms with Gasteiger partial charge in [0.1, 0.15) is 5.75 Å². The van der Waals surface area contributed by atoms with Crippen molar-refractivity contribution < 1.29 is 14.0 Å². The predicted molar refractivity (Wildman–Crippen MR) is 111 cm³/mol. The molecule has 2 aliphatic heterocycles. The molecule has 2 aromatic rings. The minimum absolute atomic E-state index is 0.601. The fourth-order valence-electron chi connectivity index (χ4n) is 4.18. The number of likely N-dealkylation sites (tertiary alicyclic amines) is 1. The quantitative estimate of drug-likeness (QED) is 0.675. The summed E-state index contributed by atoms with van der Waals surface area (Å²) < 4.78 is 16.7. The Kier molecular flexibility index (Phi) is 7.14. The molecule has 0 radical (unpaired) electrons. The number of hydrogen-bond donors (Lipinski definition) is 0. The summed E-state index contributed by atoms with van der Waals surface area (Å²) in [6.07, 6.45) is 3.80. The maximum absolute atomic E-state index is 5.69. The third kappa shape index (κ3) is 5.56. The zero-order valence-corrected chi connectivity index (χ0v) is 17.4. The van der Waals surface area contributed by atoms with Crippen molar-refractivity contribution in [3.63, 3.8) is 0 Å². The largest absolute Gasteiger partial charge is 0.493 e. The Morgan fingerprint density at radius 1 is 1.07 bits per heavy atom. The zero-order chi connectivity index (χ0) is 19.9. The van der Waals surface area contributed by atoms with Gasteiger partial charge in [-0.15, -0.1) is 0 Å². The lowest BCUT2D eigenvalue weighted by molar-refractivity contribution is 0.0333. The lowest BCUT2D eigenvalue weighted by Crippen LogP contribution is -2.39. The molecule has 0 spiro atoms. The summed E-state index contributed by atoms with van der Waals surface area (Å²) in [7, 11) is 0. The van der Waals surface area contributed by atoms with Crippen LogP contribution in [0.15, 0.2) is 28.8 Å². The Balaban J connectivity index is 1.25. The number of rotatable bonds is 8. The van der Waals surface area contributed by atoms with Crippen LogP contribution in [0.5, 0.6) is 5.75 Å². The number of para-hydroxylation sites is 1. The van der Waals surface area contributed by atoms with Crippen molar-refractivity contribution >= 4 is 0 Å². The second-order valence-corrected chi connectivity index (χ2v) is 7.90. The molecule has 4 rings (SSSR count). The SMILES string of the molecule is CCOc1ccccc1-c1noc(CN2CCC(CCN3CCOCC3)CC2)n1. The Morgan fingerprint density at radius 3 is 2.66 bits per heavy atom. The van der Waals surface area contributed by atoms with Crippen LogP contribution < -0.4 is 4.74 Å². The van der Waals surface area contributed by atoms with E-state index < -0.39 is 0 Å². The molecule has 2 aliphatic rings. The molecule has 0 saturated carbocycles. The fourth-order valence-corrected chi connectivity index (χ4v) is 4.18. The summed E-state index contributed by atoms with van der Waals surface area (Å²) in [6, 6.07) is 7.84. The van der Waals surface area contributed by atoms with Crippen molar-refractivity contribution in [2.24, 2.45) is 5.92 Å². The summed E-state index contributed by atoms with van der Waals surface area (Å²) in [5, 5.41) is 4.18. The second-order valence-electron chi connectivity index (χ2n) is 7.90. The average Bonchev–Trinajstić information content (AvgIpc) is 3.23. The van der Waals surface area contributed by atoms with Gasteiger partial charge >= 0.3 is 0 Å². The molecule has 3 heterocycles. The van der Waals surface area contributed by atoms with Gasteiger partial charge in [-0.1, -0.05) is 17.3 Å². The van der Waals surface area contributed by atoms with E-state index in [1.807, 2.05) is 31.2 Å². The number of aromatic nitrogens is 2. The van der Waals surface area contributed by atoms with Crippen molar-refractivity contribution in [3.05, 3.63) is 30.2 Å². The second kappa shape index (κ2) is 10.2. The van der Waals surface area contributed by atoms with Gasteiger partial charge in [-0.05, 0) is 63.9 Å². The smallest absolute Gasteiger partial charge is 0.241 e. The summed E-state index contributed by atoms with van der Waals surface area (Å²) >= 11 is 0. The topological polar surface area (TPSA) is 63.9 Å². The molecule has 0 atom stereocenters. The molecular formula is C22H32N4O3. The maximum Gasteiger partial charge on any atom is 0.241 e. The monoisotopic (exact) mass is 400 g/mol. The van der Waals surface area contributed by atoms with E-state index in [9.17, 15) is 0 Å². The molecule has 0 bridgehead atoms. The van der Waals surface area contributed by atoms with Gasteiger partial charge in [0.2, 0.25) is 11.7 Å². The fraction of sp³-hybridized carbons (Fsp3) is 0.636. The molecule has 2 saturated heterocycles. The molecule has 7 heteroatoms. The molecule has 1 aromatic carbocycles. The number of nitrogens with zero attached hydrogens (tertiary/aromatic N) is 4. The van der Waals surface area contributed by atoms with Crippen LogP contribution in [0, 0.1) is 5.92 Å². The van der Waals surface area contributed by atoms with Gasteiger partial charge in [-0.25, -0.2) is 0 Å². The average molecular weight is 401 g/mol. The molecule has 0 N–H and O–H groups in total. The van der Waals surface area contributed by atoms with E-state index in [1.165, 1.54) is 25.8 Å². The minimum atomic E-state index is 0.601. The molecule has 7 nitrogen and oxygen atoms in total. The first kappa shape index (κ1) is 20.3. The molecule has 0 amide bonds. The zero-order valence-electron chi connectivity index (χ0n) is 17.4. The van der Waals surface area contributed by atoms with Crippen LogP contribution in [0.3, 0.4) is 0 Å². The first-order chi connectivity index (χ1) is 14.3. The Morgan fingerprint density at radius 2 is 1.86 bits per heavy atom. The van der Waals surface area contributed by atoms with Crippen molar-refractivity contribution in [2.45, 2.75) is 32.7 Å². The molecular weight excluding hydrogens is 368 g/mol. The van der Waals surface area contributed by atoms with E-state index in [0.717, 1.165) is 63.2 Å². The van der Waals surface area contributed by atoms with Gasteiger partial charge in [-0.2, -0.15) is 4.98 Å². The molecule has 1 aromatic heterocycles. The van der Waals surface area contributed by atoms with Crippen molar-refractivity contribution in [1.29, 1.82) is 0 Å². The van der Waals surface area contributed by atoms with Crippen LogP contribution in [0.4, 0.5) is 0 Å². The lowest BCUT2D eigenvalue weighted by Gasteiger charge is -2.33. The van der Waals surface area contributed by atoms with Gasteiger partial charge in [0, 0.05) is 13.1 Å². The van der Waals surface area contributed by atoms with Gasteiger partial charge < -0.3 is 14.0 Å². The van der Waals surface area contributed by atoms with E-state index in [4.69, 9.17) is 14.0 Å². The van der Waals surface area contributed by atoms with E-state index in [1.54, 1.807) is 0 Å². The third-order valence-corrected chi connectivity index (χ3v) is 5.92. The minimum Gasteiger partial charge on any atom is -0.493 e. The first-order valence-corrected chi connectivity index (χ1v) is 10.9. The number of piperidine rings is 1. The first-order valence-electron chi connectivity index (χ1n) is 10.9. The highest BCUT2D eigenvalue weighted by Crippen LogP contribution is 2.28. The highest BCUT2D eigenvalue weighted by Gasteiger charge is 2.22. The van der Waals surface area contributed by atoms with Crippen molar-refractivity contribution in [2.75, 3.05) is 52.5 Å². The van der Waals surface area contributed by atoms with Crippen LogP contribution in [-0.2, 0) is 11.3 Å². The summed E-state index contributed by atoms with van der Waals surface area (Å²) in [5.74, 6) is 2.90. The van der Waals surface area contributed by atoms with Crippen molar-refractivity contribution in [1.82, 2.24) is 19.9 Å².